The molecule has 14 nitrogen and oxygen atoms in total. The van der Waals surface area contributed by atoms with Gasteiger partial charge in [-0.15, -0.1) is 20.4 Å². The van der Waals surface area contributed by atoms with E-state index in [4.69, 9.17) is 18.9 Å². The van der Waals surface area contributed by atoms with Gasteiger partial charge in [-0.1, -0.05) is 36.5 Å². The van der Waals surface area contributed by atoms with Crippen LogP contribution in [0, 0.1) is 0 Å². The van der Waals surface area contributed by atoms with Crippen molar-refractivity contribution in [2.45, 2.75) is 57.8 Å². The SMILES string of the molecule is CCC(C[C@H](CC)c1nnc(NC(=O)Cc2ccc(OCCOC)cn2)s1)c1nnc(NC(=O)Cc2ccc(OCCOC)cn2)s1. The highest BCUT2D eigenvalue weighted by molar-refractivity contribution is 7.15. The third-order valence-electron chi connectivity index (χ3n) is 7.02. The van der Waals surface area contributed by atoms with Crippen molar-refractivity contribution < 1.29 is 28.5 Å². The molecule has 2 amide bonds. The lowest BCUT2D eigenvalue weighted by Crippen LogP contribution is -2.15. The predicted molar refractivity (Wildman–Crippen MR) is 178 cm³/mol. The standard InChI is InChI=1S/C31H40N8O6S2/c1-5-20(28-36-38-30(46-28)34-26(40)16-22-7-9-24(18-32-22)44-13-11-42-3)15-21(6-2)29-37-39-31(47-29)35-27(41)17-23-8-10-25(19-33-23)45-14-12-43-4/h7-10,18-21H,5-6,11-17H2,1-4H3,(H,34,38,40)(H,35,39,41)/t20-,21?/m0/s1. The molecule has 0 radical (unpaired) electrons. The quantitative estimate of drug-likeness (QED) is 0.123. The zero-order valence-corrected chi connectivity index (χ0v) is 28.6. The number of ether oxygens (including phenoxy) is 4. The van der Waals surface area contributed by atoms with Crippen molar-refractivity contribution in [1.82, 2.24) is 30.4 Å². The van der Waals surface area contributed by atoms with Gasteiger partial charge < -0.3 is 29.6 Å². The lowest BCUT2D eigenvalue weighted by molar-refractivity contribution is -0.116. The Labute approximate surface area is 281 Å². The van der Waals surface area contributed by atoms with E-state index < -0.39 is 0 Å². The van der Waals surface area contributed by atoms with Gasteiger partial charge in [0.1, 0.15) is 34.7 Å². The van der Waals surface area contributed by atoms with Gasteiger partial charge in [-0.2, -0.15) is 0 Å². The zero-order valence-electron chi connectivity index (χ0n) is 26.9. The van der Waals surface area contributed by atoms with Crippen molar-refractivity contribution in [2.24, 2.45) is 0 Å². The molecule has 16 heteroatoms. The number of pyridine rings is 2. The highest BCUT2D eigenvalue weighted by atomic mass is 32.1. The fourth-order valence-corrected chi connectivity index (χ4v) is 6.38. The molecule has 0 aromatic carbocycles. The predicted octanol–water partition coefficient (Wildman–Crippen LogP) is 4.67. The van der Waals surface area contributed by atoms with Gasteiger partial charge in [0.2, 0.25) is 22.1 Å². The number of hydrogen-bond donors (Lipinski definition) is 2. The summed E-state index contributed by atoms with van der Waals surface area (Å²) in [6.45, 7) is 6.02. The van der Waals surface area contributed by atoms with Crippen LogP contribution in [0.1, 0.15) is 66.3 Å². The minimum absolute atomic E-state index is 0.103. The van der Waals surface area contributed by atoms with Crippen LogP contribution in [0.25, 0.3) is 0 Å². The van der Waals surface area contributed by atoms with E-state index in [9.17, 15) is 9.59 Å². The number of carbonyl (C=O) groups excluding carboxylic acids is 2. The number of carbonyl (C=O) groups is 2. The second kappa shape index (κ2) is 18.9. The largest absolute Gasteiger partial charge is 0.490 e. The minimum atomic E-state index is -0.226. The molecule has 0 aliphatic carbocycles. The van der Waals surface area contributed by atoms with Crippen LogP contribution >= 0.6 is 22.7 Å². The van der Waals surface area contributed by atoms with Gasteiger partial charge in [-0.3, -0.25) is 19.6 Å². The van der Waals surface area contributed by atoms with E-state index in [1.54, 1.807) is 50.9 Å². The molecule has 252 valence electrons. The smallest absolute Gasteiger partial charge is 0.232 e. The van der Waals surface area contributed by atoms with Crippen LogP contribution in [-0.2, 0) is 31.9 Å². The van der Waals surface area contributed by atoms with Crippen LogP contribution in [0.2, 0.25) is 0 Å². The third-order valence-corrected chi connectivity index (χ3v) is 9.02. The van der Waals surface area contributed by atoms with Crippen LogP contribution in [-0.4, -0.2) is 82.8 Å². The average Bonchev–Trinajstić information content (AvgIpc) is 3.73. The second-order valence-corrected chi connectivity index (χ2v) is 12.5. The Morgan fingerprint density at radius 3 is 1.49 bits per heavy atom. The van der Waals surface area contributed by atoms with Crippen LogP contribution < -0.4 is 20.1 Å². The number of anilines is 2. The molecule has 2 N–H and O–H groups in total. The van der Waals surface area contributed by atoms with Gasteiger partial charge in [0, 0.05) is 37.4 Å². The molecule has 0 saturated carbocycles. The zero-order chi connectivity index (χ0) is 33.4. The van der Waals surface area contributed by atoms with Crippen molar-refractivity contribution in [2.75, 3.05) is 51.3 Å². The summed E-state index contributed by atoms with van der Waals surface area (Å²) in [5, 5.41) is 25.5. The first-order valence-electron chi connectivity index (χ1n) is 15.3. The Morgan fingerprint density at radius 1 is 0.681 bits per heavy atom. The molecule has 0 bridgehead atoms. The first-order chi connectivity index (χ1) is 22.9. The van der Waals surface area contributed by atoms with Gasteiger partial charge in [-0.05, 0) is 43.5 Å². The van der Waals surface area contributed by atoms with Gasteiger partial charge >= 0.3 is 0 Å². The van der Waals surface area contributed by atoms with Crippen LogP contribution in [0.4, 0.5) is 10.3 Å². The Morgan fingerprint density at radius 2 is 1.13 bits per heavy atom. The molecular formula is C31H40N8O6S2. The molecule has 0 fully saturated rings. The topological polar surface area (TPSA) is 172 Å². The number of amides is 2. The number of aromatic nitrogens is 6. The molecule has 1 unspecified atom stereocenters. The maximum atomic E-state index is 12.7. The Bertz CT molecular complexity index is 1420. The summed E-state index contributed by atoms with van der Waals surface area (Å²) in [6, 6.07) is 7.07. The van der Waals surface area contributed by atoms with E-state index in [0.29, 0.717) is 59.6 Å². The average molecular weight is 685 g/mol. The number of rotatable bonds is 20. The molecule has 4 heterocycles. The summed E-state index contributed by atoms with van der Waals surface area (Å²) in [5.41, 5.74) is 1.23. The first kappa shape index (κ1) is 35.7. The van der Waals surface area contributed by atoms with Gasteiger partial charge in [0.25, 0.3) is 0 Å². The van der Waals surface area contributed by atoms with E-state index in [2.05, 4.69) is 54.8 Å². The first-order valence-corrected chi connectivity index (χ1v) is 16.9. The van der Waals surface area contributed by atoms with E-state index in [0.717, 1.165) is 29.3 Å². The monoisotopic (exact) mass is 684 g/mol. The number of nitrogens with one attached hydrogen (secondary N) is 2. The summed E-state index contributed by atoms with van der Waals surface area (Å²) in [4.78, 5) is 33.9. The molecular weight excluding hydrogens is 645 g/mol. The maximum absolute atomic E-state index is 12.7. The van der Waals surface area contributed by atoms with Crippen LogP contribution in [0.15, 0.2) is 36.7 Å². The highest BCUT2D eigenvalue weighted by Crippen LogP contribution is 2.37. The van der Waals surface area contributed by atoms with E-state index in [1.165, 1.54) is 22.7 Å². The molecule has 4 aromatic heterocycles. The molecule has 47 heavy (non-hydrogen) atoms. The summed E-state index contributed by atoms with van der Waals surface area (Å²) in [5.74, 6) is 1.01. The Kier molecular flexibility index (Phi) is 14.4. The Hall–Kier alpha value is -4.12. The lowest BCUT2D eigenvalue weighted by atomic mass is 9.91. The normalized spacial score (nSPS) is 12.3. The van der Waals surface area contributed by atoms with Gasteiger partial charge in [0.15, 0.2) is 0 Å². The highest BCUT2D eigenvalue weighted by Gasteiger charge is 2.24. The van der Waals surface area contributed by atoms with Crippen LogP contribution in [0.5, 0.6) is 11.5 Å². The molecule has 0 spiro atoms. The molecule has 0 aliphatic heterocycles. The lowest BCUT2D eigenvalue weighted by Gasteiger charge is -2.17. The Balaban J connectivity index is 1.26. The van der Waals surface area contributed by atoms with Crippen molar-refractivity contribution in [3.8, 4) is 11.5 Å². The fraction of sp³-hybridized carbons (Fsp3) is 0.484. The summed E-state index contributed by atoms with van der Waals surface area (Å²) >= 11 is 2.74. The van der Waals surface area contributed by atoms with Gasteiger partial charge in [-0.25, -0.2) is 0 Å². The van der Waals surface area contributed by atoms with Crippen molar-refractivity contribution >= 4 is 44.8 Å². The summed E-state index contributed by atoms with van der Waals surface area (Å²) in [7, 11) is 3.22. The van der Waals surface area contributed by atoms with E-state index in [-0.39, 0.29) is 36.5 Å². The number of hydrogen-bond acceptors (Lipinski definition) is 14. The number of methoxy groups -OCH3 is 2. The van der Waals surface area contributed by atoms with E-state index in [1.807, 2.05) is 0 Å². The fourth-order valence-electron chi connectivity index (χ4n) is 4.47. The molecule has 4 aromatic rings. The van der Waals surface area contributed by atoms with Crippen molar-refractivity contribution in [3.05, 3.63) is 58.1 Å². The van der Waals surface area contributed by atoms with Crippen molar-refractivity contribution in [1.29, 1.82) is 0 Å². The molecule has 0 aliphatic rings. The van der Waals surface area contributed by atoms with Gasteiger partial charge in [0.05, 0.1) is 38.4 Å². The molecule has 2 atom stereocenters. The molecule has 0 saturated heterocycles. The van der Waals surface area contributed by atoms with E-state index >= 15 is 0 Å². The summed E-state index contributed by atoms with van der Waals surface area (Å²) < 4.78 is 21.0. The maximum Gasteiger partial charge on any atom is 0.232 e. The third kappa shape index (κ3) is 11.6. The van der Waals surface area contributed by atoms with Crippen molar-refractivity contribution in [3.63, 3.8) is 0 Å². The second-order valence-electron chi connectivity index (χ2n) is 10.4. The number of nitrogens with zero attached hydrogens (tertiary/aromatic N) is 6. The van der Waals surface area contributed by atoms with Crippen LogP contribution in [0.3, 0.4) is 0 Å². The summed E-state index contributed by atoms with van der Waals surface area (Å²) in [6.07, 6.45) is 5.85. The minimum Gasteiger partial charge on any atom is -0.490 e. The molecule has 4 rings (SSSR count).